The van der Waals surface area contributed by atoms with Gasteiger partial charge in [-0.25, -0.2) is 0 Å². The minimum Gasteiger partial charge on any atom is -0.313 e. The molecule has 2 heteroatoms. The lowest BCUT2D eigenvalue weighted by Gasteiger charge is -2.26. The molecule has 1 aliphatic carbocycles. The molecule has 0 radical (unpaired) electrons. The smallest absolute Gasteiger partial charge is 0.0230 e. The molecule has 1 aromatic carbocycles. The van der Waals surface area contributed by atoms with E-state index in [0.717, 1.165) is 25.7 Å². The van der Waals surface area contributed by atoms with Gasteiger partial charge < -0.3 is 10.2 Å². The number of nitrogens with one attached hydrogen (secondary N) is 1. The molecule has 2 rings (SSSR count). The molecule has 118 valence electrons. The highest BCUT2D eigenvalue weighted by Crippen LogP contribution is 2.22. The van der Waals surface area contributed by atoms with Gasteiger partial charge in [-0.1, -0.05) is 52.0 Å². The van der Waals surface area contributed by atoms with Gasteiger partial charge in [0.2, 0.25) is 0 Å². The first-order valence-electron chi connectivity index (χ1n) is 8.34. The van der Waals surface area contributed by atoms with Gasteiger partial charge in [0.05, 0.1) is 0 Å². The molecular weight excluding hydrogens is 256 g/mol. The summed E-state index contributed by atoms with van der Waals surface area (Å²) in [4.78, 5) is 2.41. The lowest BCUT2D eigenvalue weighted by atomic mass is 9.96. The fourth-order valence-electron chi connectivity index (χ4n) is 2.88. The van der Waals surface area contributed by atoms with Crippen LogP contribution in [0.2, 0.25) is 0 Å². The van der Waals surface area contributed by atoms with Crippen molar-refractivity contribution in [1.82, 2.24) is 10.2 Å². The Morgan fingerprint density at radius 2 is 1.81 bits per heavy atom. The molecule has 1 fully saturated rings. The summed E-state index contributed by atoms with van der Waals surface area (Å²) in [6.07, 6.45) is 2.73. The summed E-state index contributed by atoms with van der Waals surface area (Å²) in [5.74, 6) is 0.604. The number of benzene rings is 1. The second-order valence-corrected chi connectivity index (χ2v) is 8.06. The normalized spacial score (nSPS) is 17.2. The standard InChI is InChI=1S/C19H32N2/c1-15(12-20-18-10-11-18)17-8-6-16(7-9-17)13-21(5)14-19(2,3)4/h6-9,15,18,20H,10-14H2,1-5H3. The Kier molecular flexibility index (Phi) is 5.45. The predicted octanol–water partition coefficient (Wildman–Crippen LogP) is 4.02. The molecule has 0 heterocycles. The Morgan fingerprint density at radius 3 is 2.33 bits per heavy atom. The second kappa shape index (κ2) is 6.93. The van der Waals surface area contributed by atoms with E-state index >= 15 is 0 Å². The molecule has 1 aromatic rings. The lowest BCUT2D eigenvalue weighted by molar-refractivity contribution is 0.221. The maximum Gasteiger partial charge on any atom is 0.0230 e. The third-order valence-electron chi connectivity index (χ3n) is 4.04. The fourth-order valence-corrected chi connectivity index (χ4v) is 2.88. The number of hydrogen-bond donors (Lipinski definition) is 1. The van der Waals surface area contributed by atoms with E-state index in [1.54, 1.807) is 0 Å². The summed E-state index contributed by atoms with van der Waals surface area (Å²) in [6, 6.07) is 10.0. The molecule has 21 heavy (non-hydrogen) atoms. The zero-order valence-corrected chi connectivity index (χ0v) is 14.4. The third-order valence-corrected chi connectivity index (χ3v) is 4.04. The number of nitrogens with zero attached hydrogens (tertiary/aromatic N) is 1. The molecular formula is C19H32N2. The minimum absolute atomic E-state index is 0.359. The van der Waals surface area contributed by atoms with Crippen LogP contribution in [0.15, 0.2) is 24.3 Å². The van der Waals surface area contributed by atoms with Crippen LogP contribution in [-0.4, -0.2) is 31.1 Å². The van der Waals surface area contributed by atoms with Crippen molar-refractivity contribution in [2.75, 3.05) is 20.1 Å². The van der Waals surface area contributed by atoms with Crippen LogP contribution in [0.25, 0.3) is 0 Å². The number of rotatable bonds is 7. The molecule has 1 N–H and O–H groups in total. The number of hydrogen-bond acceptors (Lipinski definition) is 2. The maximum atomic E-state index is 3.62. The van der Waals surface area contributed by atoms with Crippen molar-refractivity contribution >= 4 is 0 Å². The Balaban J connectivity index is 1.82. The molecule has 0 spiro atoms. The Bertz CT molecular complexity index is 426. The van der Waals surface area contributed by atoms with Crippen LogP contribution < -0.4 is 5.32 Å². The van der Waals surface area contributed by atoms with Crippen LogP contribution in [-0.2, 0) is 6.54 Å². The summed E-state index contributed by atoms with van der Waals surface area (Å²) >= 11 is 0. The molecule has 0 saturated heterocycles. The summed E-state index contributed by atoms with van der Waals surface area (Å²) in [5, 5.41) is 3.62. The topological polar surface area (TPSA) is 15.3 Å². The van der Waals surface area contributed by atoms with Gasteiger partial charge in [0, 0.05) is 25.7 Å². The summed E-state index contributed by atoms with van der Waals surface area (Å²) < 4.78 is 0. The van der Waals surface area contributed by atoms with Crippen LogP contribution in [0.4, 0.5) is 0 Å². The quantitative estimate of drug-likeness (QED) is 0.815. The minimum atomic E-state index is 0.359. The molecule has 1 aliphatic rings. The Labute approximate surface area is 130 Å². The average molecular weight is 288 g/mol. The van der Waals surface area contributed by atoms with Crippen molar-refractivity contribution < 1.29 is 0 Å². The first-order chi connectivity index (χ1) is 9.83. The first kappa shape index (κ1) is 16.5. The summed E-state index contributed by atoms with van der Waals surface area (Å²) in [6.45, 7) is 12.5. The highest BCUT2D eigenvalue weighted by Gasteiger charge is 2.21. The van der Waals surface area contributed by atoms with Crippen LogP contribution >= 0.6 is 0 Å². The molecule has 0 aromatic heterocycles. The van der Waals surface area contributed by atoms with Gasteiger partial charge in [-0.05, 0) is 42.3 Å². The van der Waals surface area contributed by atoms with Gasteiger partial charge in [-0.2, -0.15) is 0 Å². The van der Waals surface area contributed by atoms with E-state index in [1.807, 2.05) is 0 Å². The van der Waals surface area contributed by atoms with Crippen molar-refractivity contribution in [3.05, 3.63) is 35.4 Å². The zero-order chi connectivity index (χ0) is 15.5. The molecule has 1 unspecified atom stereocenters. The third kappa shape index (κ3) is 6.19. The monoisotopic (exact) mass is 288 g/mol. The average Bonchev–Trinajstić information content (AvgIpc) is 3.18. The van der Waals surface area contributed by atoms with E-state index in [0.29, 0.717) is 11.3 Å². The van der Waals surface area contributed by atoms with Gasteiger partial charge in [0.1, 0.15) is 0 Å². The van der Waals surface area contributed by atoms with Gasteiger partial charge in [0.15, 0.2) is 0 Å². The summed E-state index contributed by atoms with van der Waals surface area (Å²) in [7, 11) is 2.21. The van der Waals surface area contributed by atoms with E-state index in [4.69, 9.17) is 0 Å². The fraction of sp³-hybridized carbons (Fsp3) is 0.684. The highest BCUT2D eigenvalue weighted by molar-refractivity contribution is 5.25. The molecule has 1 saturated carbocycles. The van der Waals surface area contributed by atoms with Gasteiger partial charge in [-0.15, -0.1) is 0 Å². The highest BCUT2D eigenvalue weighted by atomic mass is 15.1. The molecule has 0 amide bonds. The molecule has 2 nitrogen and oxygen atoms in total. The molecule has 1 atom stereocenters. The maximum absolute atomic E-state index is 3.62. The van der Waals surface area contributed by atoms with E-state index < -0.39 is 0 Å². The lowest BCUT2D eigenvalue weighted by Crippen LogP contribution is -2.28. The van der Waals surface area contributed by atoms with Crippen molar-refractivity contribution in [3.8, 4) is 0 Å². The van der Waals surface area contributed by atoms with E-state index in [1.165, 1.54) is 24.0 Å². The Morgan fingerprint density at radius 1 is 1.19 bits per heavy atom. The summed E-state index contributed by atoms with van der Waals surface area (Å²) in [5.41, 5.74) is 3.22. The van der Waals surface area contributed by atoms with Crippen LogP contribution in [0, 0.1) is 5.41 Å². The van der Waals surface area contributed by atoms with Gasteiger partial charge in [0.25, 0.3) is 0 Å². The Hall–Kier alpha value is -0.860. The van der Waals surface area contributed by atoms with Gasteiger partial charge in [-0.3, -0.25) is 0 Å². The van der Waals surface area contributed by atoms with E-state index in [-0.39, 0.29) is 0 Å². The second-order valence-electron chi connectivity index (χ2n) is 8.06. The van der Waals surface area contributed by atoms with Crippen LogP contribution in [0.3, 0.4) is 0 Å². The van der Waals surface area contributed by atoms with Crippen molar-refractivity contribution in [2.24, 2.45) is 5.41 Å². The van der Waals surface area contributed by atoms with Crippen molar-refractivity contribution in [3.63, 3.8) is 0 Å². The van der Waals surface area contributed by atoms with E-state index in [9.17, 15) is 0 Å². The van der Waals surface area contributed by atoms with Crippen molar-refractivity contribution in [1.29, 1.82) is 0 Å². The van der Waals surface area contributed by atoms with Crippen LogP contribution in [0.5, 0.6) is 0 Å². The van der Waals surface area contributed by atoms with Gasteiger partial charge >= 0.3 is 0 Å². The molecule has 0 aliphatic heterocycles. The van der Waals surface area contributed by atoms with E-state index in [2.05, 4.69) is 69.2 Å². The predicted molar refractivity (Wildman–Crippen MR) is 91.7 cm³/mol. The first-order valence-corrected chi connectivity index (χ1v) is 8.34. The SMILES string of the molecule is CC(CNC1CC1)c1ccc(CN(C)CC(C)(C)C)cc1. The zero-order valence-electron chi connectivity index (χ0n) is 14.4. The largest absolute Gasteiger partial charge is 0.313 e. The molecule has 0 bridgehead atoms. The van der Waals surface area contributed by atoms with Crippen LogP contribution in [0.1, 0.15) is 57.6 Å². The van der Waals surface area contributed by atoms with Crippen molar-refractivity contribution in [2.45, 2.75) is 59.0 Å².